The zero-order chi connectivity index (χ0) is 21.3. The standard InChI is InChI=1S/C20H19N3O5S2/c1-28-14-5-7-15(8-6-14)30(26,27)23-12-13-10-19(16-4-2-3-9-21-16)29-18(13)11-17(23)20(24)22-25/h2-10,17,25H,11-12H2,1H3,(H,22,24). The van der Waals surface area contributed by atoms with Crippen LogP contribution in [0.15, 0.2) is 59.6 Å². The highest BCUT2D eigenvalue weighted by atomic mass is 32.2. The van der Waals surface area contributed by atoms with E-state index in [1.165, 1.54) is 30.6 Å². The van der Waals surface area contributed by atoms with Gasteiger partial charge < -0.3 is 4.74 Å². The van der Waals surface area contributed by atoms with Crippen LogP contribution in [0.2, 0.25) is 0 Å². The molecule has 10 heteroatoms. The number of aromatic nitrogens is 1. The van der Waals surface area contributed by atoms with Crippen LogP contribution in [-0.4, -0.2) is 42.0 Å². The summed E-state index contributed by atoms with van der Waals surface area (Å²) in [5.41, 5.74) is 3.20. The molecule has 0 bridgehead atoms. The number of pyridine rings is 1. The first-order chi connectivity index (χ1) is 14.4. The van der Waals surface area contributed by atoms with Gasteiger partial charge in [0.2, 0.25) is 10.0 Å². The van der Waals surface area contributed by atoms with E-state index in [-0.39, 0.29) is 17.9 Å². The van der Waals surface area contributed by atoms with Gasteiger partial charge in [-0.2, -0.15) is 4.31 Å². The first-order valence-corrected chi connectivity index (χ1v) is 11.3. The first kappa shape index (κ1) is 20.5. The zero-order valence-corrected chi connectivity index (χ0v) is 17.6. The molecular formula is C20H19N3O5S2. The number of carbonyl (C=O) groups is 1. The fraction of sp³-hybridized carbons (Fsp3) is 0.200. The topological polar surface area (TPSA) is 109 Å². The van der Waals surface area contributed by atoms with E-state index in [2.05, 4.69) is 4.98 Å². The number of sulfonamides is 1. The lowest BCUT2D eigenvalue weighted by atomic mass is 10.0. The van der Waals surface area contributed by atoms with Gasteiger partial charge in [0.1, 0.15) is 11.8 Å². The van der Waals surface area contributed by atoms with Crippen molar-refractivity contribution in [1.29, 1.82) is 0 Å². The third-order valence-electron chi connectivity index (χ3n) is 4.95. The summed E-state index contributed by atoms with van der Waals surface area (Å²) in [4.78, 5) is 18.5. The lowest BCUT2D eigenvalue weighted by Crippen LogP contribution is -2.51. The Kier molecular flexibility index (Phi) is 5.56. The molecule has 1 aliphatic heterocycles. The van der Waals surface area contributed by atoms with E-state index in [0.717, 1.165) is 25.3 Å². The highest BCUT2D eigenvalue weighted by Crippen LogP contribution is 2.37. The molecule has 8 nitrogen and oxygen atoms in total. The van der Waals surface area contributed by atoms with Gasteiger partial charge in [-0.1, -0.05) is 6.07 Å². The molecule has 1 unspecified atom stereocenters. The number of nitrogens with zero attached hydrogens (tertiary/aromatic N) is 2. The van der Waals surface area contributed by atoms with Crippen LogP contribution in [0.4, 0.5) is 0 Å². The molecule has 0 radical (unpaired) electrons. The summed E-state index contributed by atoms with van der Waals surface area (Å²) in [6, 6.07) is 12.4. The normalized spacial score (nSPS) is 16.7. The third kappa shape index (κ3) is 3.70. The molecule has 3 aromatic rings. The summed E-state index contributed by atoms with van der Waals surface area (Å²) >= 11 is 1.47. The minimum absolute atomic E-state index is 0.0190. The van der Waals surface area contributed by atoms with Gasteiger partial charge in [0.05, 0.1) is 22.6 Å². The second-order valence-electron chi connectivity index (χ2n) is 6.70. The van der Waals surface area contributed by atoms with Crippen molar-refractivity contribution in [2.75, 3.05) is 7.11 Å². The van der Waals surface area contributed by atoms with Crippen LogP contribution in [0, 0.1) is 0 Å². The Balaban J connectivity index is 1.73. The van der Waals surface area contributed by atoms with Crippen LogP contribution in [0.5, 0.6) is 5.75 Å². The van der Waals surface area contributed by atoms with Crippen LogP contribution in [0.3, 0.4) is 0 Å². The Morgan fingerprint density at radius 1 is 1.27 bits per heavy atom. The van der Waals surface area contributed by atoms with Crippen LogP contribution < -0.4 is 10.2 Å². The second kappa shape index (κ2) is 8.15. The maximum absolute atomic E-state index is 13.3. The number of nitrogens with one attached hydrogen (secondary N) is 1. The van der Waals surface area contributed by atoms with Gasteiger partial charge in [-0.15, -0.1) is 11.3 Å². The van der Waals surface area contributed by atoms with Crippen LogP contribution >= 0.6 is 11.3 Å². The molecule has 2 N–H and O–H groups in total. The smallest absolute Gasteiger partial charge is 0.262 e. The van der Waals surface area contributed by atoms with Gasteiger partial charge in [-0.25, -0.2) is 13.9 Å². The Hall–Kier alpha value is -2.79. The Bertz CT molecular complexity index is 1160. The fourth-order valence-corrected chi connectivity index (χ4v) is 6.15. The van der Waals surface area contributed by atoms with E-state index in [1.807, 2.05) is 24.3 Å². The van der Waals surface area contributed by atoms with Crippen molar-refractivity contribution in [3.8, 4) is 16.3 Å². The van der Waals surface area contributed by atoms with E-state index in [9.17, 15) is 18.4 Å². The van der Waals surface area contributed by atoms with Crippen molar-refractivity contribution in [3.63, 3.8) is 0 Å². The van der Waals surface area contributed by atoms with Crippen LogP contribution in [-0.2, 0) is 27.8 Å². The first-order valence-electron chi connectivity index (χ1n) is 9.07. The average molecular weight is 446 g/mol. The number of fused-ring (bicyclic) bond motifs is 1. The van der Waals surface area contributed by atoms with Crippen molar-refractivity contribution in [2.24, 2.45) is 0 Å². The summed E-state index contributed by atoms with van der Waals surface area (Å²) in [6.07, 6.45) is 1.85. The summed E-state index contributed by atoms with van der Waals surface area (Å²) in [6.45, 7) is 0.0190. The minimum atomic E-state index is -3.99. The largest absolute Gasteiger partial charge is 0.497 e. The summed E-state index contributed by atoms with van der Waals surface area (Å²) in [7, 11) is -2.50. The SMILES string of the molecule is COc1ccc(S(=O)(=O)N2Cc3cc(-c4ccccn4)sc3CC2C(=O)NO)cc1. The number of hydrogen-bond acceptors (Lipinski definition) is 7. The lowest BCUT2D eigenvalue weighted by molar-refractivity contribution is -0.133. The molecule has 30 heavy (non-hydrogen) atoms. The van der Waals surface area contributed by atoms with E-state index in [1.54, 1.807) is 23.8 Å². The Morgan fingerprint density at radius 3 is 2.67 bits per heavy atom. The molecule has 1 aliphatic rings. The molecule has 0 spiro atoms. The van der Waals surface area contributed by atoms with Gasteiger partial charge in [0.15, 0.2) is 0 Å². The summed E-state index contributed by atoms with van der Waals surface area (Å²) in [5, 5.41) is 9.20. The highest BCUT2D eigenvalue weighted by molar-refractivity contribution is 7.89. The van der Waals surface area contributed by atoms with Gasteiger partial charge in [0, 0.05) is 24.0 Å². The number of carbonyl (C=O) groups excluding carboxylic acids is 1. The Morgan fingerprint density at radius 2 is 2.03 bits per heavy atom. The number of ether oxygens (including phenoxy) is 1. The molecule has 0 fully saturated rings. The number of rotatable bonds is 5. The summed E-state index contributed by atoms with van der Waals surface area (Å²) in [5.74, 6) is -0.247. The number of benzene rings is 1. The third-order valence-corrected chi connectivity index (χ3v) is 8.04. The van der Waals surface area contributed by atoms with Crippen LogP contribution in [0.25, 0.3) is 10.6 Å². The zero-order valence-electron chi connectivity index (χ0n) is 16.0. The predicted octanol–water partition coefficient (Wildman–Crippen LogP) is 2.44. The second-order valence-corrected chi connectivity index (χ2v) is 9.72. The van der Waals surface area contributed by atoms with Gasteiger partial charge in [-0.3, -0.25) is 15.0 Å². The van der Waals surface area contributed by atoms with E-state index >= 15 is 0 Å². The number of thiophene rings is 1. The molecule has 3 heterocycles. The van der Waals surface area contributed by atoms with Crippen molar-refractivity contribution < 1.29 is 23.2 Å². The maximum Gasteiger partial charge on any atom is 0.262 e. The van der Waals surface area contributed by atoms with Gasteiger partial charge in [0.25, 0.3) is 5.91 Å². The highest BCUT2D eigenvalue weighted by Gasteiger charge is 2.40. The maximum atomic E-state index is 13.3. The number of amides is 1. The molecule has 4 rings (SSSR count). The number of hydroxylamine groups is 1. The molecule has 0 saturated carbocycles. The van der Waals surface area contributed by atoms with E-state index in [0.29, 0.717) is 5.75 Å². The number of methoxy groups -OCH3 is 1. The fourth-order valence-electron chi connectivity index (χ4n) is 3.40. The molecule has 1 atom stereocenters. The quantitative estimate of drug-likeness (QED) is 0.461. The lowest BCUT2D eigenvalue weighted by Gasteiger charge is -2.33. The monoisotopic (exact) mass is 445 g/mol. The Labute approximate surface area is 177 Å². The molecule has 0 aliphatic carbocycles. The molecule has 0 saturated heterocycles. The van der Waals surface area contributed by atoms with Crippen molar-refractivity contribution in [1.82, 2.24) is 14.8 Å². The molecular weight excluding hydrogens is 426 g/mol. The van der Waals surface area contributed by atoms with Gasteiger partial charge in [-0.05, 0) is 48.0 Å². The number of hydrogen-bond donors (Lipinski definition) is 2. The van der Waals surface area contributed by atoms with Crippen molar-refractivity contribution in [3.05, 3.63) is 65.2 Å². The summed E-state index contributed by atoms with van der Waals surface area (Å²) < 4.78 is 32.8. The molecule has 1 amide bonds. The van der Waals surface area contributed by atoms with E-state index in [4.69, 9.17) is 4.74 Å². The predicted molar refractivity (Wildman–Crippen MR) is 111 cm³/mol. The molecule has 156 valence electrons. The van der Waals surface area contributed by atoms with Crippen LogP contribution in [0.1, 0.15) is 10.4 Å². The average Bonchev–Trinajstić information content (AvgIpc) is 3.21. The van der Waals surface area contributed by atoms with E-state index < -0.39 is 22.0 Å². The van der Waals surface area contributed by atoms with Crippen molar-refractivity contribution in [2.45, 2.75) is 23.9 Å². The molecule has 1 aromatic carbocycles. The van der Waals surface area contributed by atoms with Crippen molar-refractivity contribution >= 4 is 27.3 Å². The molecule has 2 aromatic heterocycles. The van der Waals surface area contributed by atoms with Gasteiger partial charge >= 0.3 is 0 Å². The minimum Gasteiger partial charge on any atom is -0.497 e.